The molecule has 29 heavy (non-hydrogen) atoms. The van der Waals surface area contributed by atoms with E-state index in [1.165, 1.54) is 16.7 Å². The first-order valence-electron chi connectivity index (χ1n) is 9.47. The predicted octanol–water partition coefficient (Wildman–Crippen LogP) is 4.28. The summed E-state index contributed by atoms with van der Waals surface area (Å²) in [5.74, 6) is -0.929. The summed E-state index contributed by atoms with van der Waals surface area (Å²) in [5.41, 5.74) is 4.53. The fourth-order valence-electron chi connectivity index (χ4n) is 3.71. The zero-order chi connectivity index (χ0) is 20.5. The van der Waals surface area contributed by atoms with Crippen LogP contribution >= 0.6 is 0 Å². The van der Waals surface area contributed by atoms with Gasteiger partial charge in [-0.3, -0.25) is 9.36 Å². The number of halogens is 1. The van der Waals surface area contributed by atoms with Gasteiger partial charge in [0, 0.05) is 23.5 Å². The van der Waals surface area contributed by atoms with Gasteiger partial charge in [-0.2, -0.15) is 0 Å². The maximum atomic E-state index is 13.1. The number of fused-ring (bicyclic) bond motifs is 1. The fraction of sp³-hybridized carbons (Fsp3) is 0.217. The Bertz CT molecular complexity index is 1250. The molecule has 6 heteroatoms. The number of hydrogen-bond donors (Lipinski definition) is 0. The van der Waals surface area contributed by atoms with E-state index in [0.29, 0.717) is 23.2 Å². The summed E-state index contributed by atoms with van der Waals surface area (Å²) in [7, 11) is 0. The molecule has 5 nitrogen and oxygen atoms in total. The Morgan fingerprint density at radius 3 is 2.52 bits per heavy atom. The number of rotatable bonds is 6. The highest BCUT2D eigenvalue weighted by Crippen LogP contribution is 2.19. The van der Waals surface area contributed by atoms with Crippen molar-refractivity contribution in [2.75, 3.05) is 0 Å². The monoisotopic (exact) mass is 392 g/mol. The van der Waals surface area contributed by atoms with E-state index >= 15 is 0 Å². The highest BCUT2D eigenvalue weighted by Gasteiger charge is 2.19. The van der Waals surface area contributed by atoms with Gasteiger partial charge >= 0.3 is 5.76 Å². The summed E-state index contributed by atoms with van der Waals surface area (Å²) in [6, 6.07) is 15.4. The third kappa shape index (κ3) is 3.66. The summed E-state index contributed by atoms with van der Waals surface area (Å²) >= 11 is 0. The van der Waals surface area contributed by atoms with Gasteiger partial charge in [-0.25, -0.2) is 9.18 Å². The van der Waals surface area contributed by atoms with Gasteiger partial charge in [-0.1, -0.05) is 24.3 Å². The Kier molecular flexibility index (Phi) is 4.92. The molecule has 2 heterocycles. The number of oxazole rings is 1. The molecule has 0 aliphatic rings. The number of aryl methyl sites for hydroxylation is 2. The van der Waals surface area contributed by atoms with Gasteiger partial charge in [-0.05, 0) is 56.2 Å². The summed E-state index contributed by atoms with van der Waals surface area (Å²) in [4.78, 5) is 25.1. The molecule has 4 rings (SSSR count). The number of para-hydroxylation sites is 2. The summed E-state index contributed by atoms with van der Waals surface area (Å²) in [6.45, 7) is 4.47. The zero-order valence-electron chi connectivity index (χ0n) is 16.3. The lowest BCUT2D eigenvalue weighted by Crippen LogP contribution is -2.20. The lowest BCUT2D eigenvalue weighted by molar-refractivity contribution is 0.0970. The lowest BCUT2D eigenvalue weighted by Gasteiger charge is -2.10. The smallest absolute Gasteiger partial charge is 0.408 e. The van der Waals surface area contributed by atoms with Crippen LogP contribution in [0.2, 0.25) is 0 Å². The molecule has 148 valence electrons. The standard InChI is InChI=1S/C23H21FN2O3/c1-15-13-19(16(2)25(15)12-11-17-7-9-18(24)10-8-17)21(27)14-26-20-5-3-4-6-22(20)29-23(26)28/h3-10,13H,11-12,14H2,1-2H3. The zero-order valence-corrected chi connectivity index (χ0v) is 16.3. The third-order valence-corrected chi connectivity index (χ3v) is 5.29. The fourth-order valence-corrected chi connectivity index (χ4v) is 3.71. The number of aromatic nitrogens is 2. The van der Waals surface area contributed by atoms with Crippen LogP contribution in [0.3, 0.4) is 0 Å². The van der Waals surface area contributed by atoms with Crippen LogP contribution in [-0.2, 0) is 19.5 Å². The quantitative estimate of drug-likeness (QED) is 0.460. The van der Waals surface area contributed by atoms with Crippen LogP contribution in [0.15, 0.2) is 63.8 Å². The first kappa shape index (κ1) is 18.9. The van der Waals surface area contributed by atoms with E-state index in [1.54, 1.807) is 36.4 Å². The van der Waals surface area contributed by atoms with Gasteiger partial charge in [0.25, 0.3) is 0 Å². The second kappa shape index (κ2) is 7.54. The Labute approximate surface area is 167 Å². The van der Waals surface area contributed by atoms with Gasteiger partial charge in [0.15, 0.2) is 11.4 Å². The second-order valence-electron chi connectivity index (χ2n) is 7.16. The van der Waals surface area contributed by atoms with Crippen molar-refractivity contribution in [1.82, 2.24) is 9.13 Å². The molecule has 0 atom stereocenters. The van der Waals surface area contributed by atoms with Gasteiger partial charge in [0.05, 0.1) is 12.1 Å². The molecule has 0 radical (unpaired) electrons. The number of carbonyl (C=O) groups excluding carboxylic acids is 1. The van der Waals surface area contributed by atoms with Crippen molar-refractivity contribution < 1.29 is 13.6 Å². The molecule has 0 fully saturated rings. The summed E-state index contributed by atoms with van der Waals surface area (Å²) < 4.78 is 21.7. The van der Waals surface area contributed by atoms with Crippen molar-refractivity contribution in [3.05, 3.63) is 93.5 Å². The molecule has 0 amide bonds. The molecule has 0 saturated carbocycles. The van der Waals surface area contributed by atoms with E-state index < -0.39 is 5.76 Å². The maximum Gasteiger partial charge on any atom is 0.420 e. The van der Waals surface area contributed by atoms with E-state index in [4.69, 9.17) is 4.42 Å². The van der Waals surface area contributed by atoms with Crippen molar-refractivity contribution >= 4 is 16.9 Å². The molecule has 2 aromatic carbocycles. The SMILES string of the molecule is Cc1cc(C(=O)Cn2c(=O)oc3ccccc32)c(C)n1CCc1ccc(F)cc1. The van der Waals surface area contributed by atoms with Gasteiger partial charge < -0.3 is 8.98 Å². The third-order valence-electron chi connectivity index (χ3n) is 5.29. The van der Waals surface area contributed by atoms with Crippen LogP contribution < -0.4 is 5.76 Å². The number of Topliss-reactive ketones (excluding diaryl/α,β-unsaturated/α-hetero) is 1. The minimum atomic E-state index is -0.537. The molecular formula is C23H21FN2O3. The molecule has 0 aliphatic heterocycles. The van der Waals surface area contributed by atoms with E-state index in [-0.39, 0.29) is 18.1 Å². The van der Waals surface area contributed by atoms with Crippen molar-refractivity contribution in [2.45, 2.75) is 33.4 Å². The topological polar surface area (TPSA) is 57.1 Å². The van der Waals surface area contributed by atoms with Crippen molar-refractivity contribution in [3.8, 4) is 0 Å². The van der Waals surface area contributed by atoms with Crippen LogP contribution in [0.4, 0.5) is 4.39 Å². The molecule has 0 spiro atoms. The number of ketones is 1. The summed E-state index contributed by atoms with van der Waals surface area (Å²) in [5, 5.41) is 0. The van der Waals surface area contributed by atoms with Crippen LogP contribution in [-0.4, -0.2) is 14.9 Å². The lowest BCUT2D eigenvalue weighted by atomic mass is 10.1. The molecule has 0 saturated heterocycles. The Hall–Kier alpha value is -3.41. The van der Waals surface area contributed by atoms with Gasteiger partial charge in [0.2, 0.25) is 0 Å². The van der Waals surface area contributed by atoms with E-state index in [1.807, 2.05) is 19.9 Å². The van der Waals surface area contributed by atoms with Crippen molar-refractivity contribution in [2.24, 2.45) is 0 Å². The molecular weight excluding hydrogens is 371 g/mol. The van der Waals surface area contributed by atoms with Crippen LogP contribution in [0, 0.1) is 19.7 Å². The minimum absolute atomic E-state index is 0.0713. The van der Waals surface area contributed by atoms with E-state index in [2.05, 4.69) is 4.57 Å². The first-order valence-corrected chi connectivity index (χ1v) is 9.47. The average Bonchev–Trinajstić information content (AvgIpc) is 3.17. The molecule has 0 unspecified atom stereocenters. The van der Waals surface area contributed by atoms with Crippen molar-refractivity contribution in [1.29, 1.82) is 0 Å². The maximum absolute atomic E-state index is 13.1. The molecule has 4 aromatic rings. The van der Waals surface area contributed by atoms with E-state index in [9.17, 15) is 14.0 Å². The second-order valence-corrected chi connectivity index (χ2v) is 7.16. The van der Waals surface area contributed by atoms with Gasteiger partial charge in [0.1, 0.15) is 5.82 Å². The normalized spacial score (nSPS) is 11.3. The Morgan fingerprint density at radius 1 is 1.03 bits per heavy atom. The highest BCUT2D eigenvalue weighted by atomic mass is 19.1. The van der Waals surface area contributed by atoms with Crippen LogP contribution in [0.5, 0.6) is 0 Å². The number of hydrogen-bond acceptors (Lipinski definition) is 3. The van der Waals surface area contributed by atoms with E-state index in [0.717, 1.165) is 23.4 Å². The number of benzene rings is 2. The minimum Gasteiger partial charge on any atom is -0.408 e. The Morgan fingerprint density at radius 2 is 1.76 bits per heavy atom. The summed E-state index contributed by atoms with van der Waals surface area (Å²) in [6.07, 6.45) is 0.732. The van der Waals surface area contributed by atoms with Crippen molar-refractivity contribution in [3.63, 3.8) is 0 Å². The largest absolute Gasteiger partial charge is 0.420 e. The number of carbonyl (C=O) groups is 1. The first-order chi connectivity index (χ1) is 13.9. The van der Waals surface area contributed by atoms with Crippen LogP contribution in [0.25, 0.3) is 11.1 Å². The number of nitrogens with zero attached hydrogens (tertiary/aromatic N) is 2. The van der Waals surface area contributed by atoms with Crippen LogP contribution in [0.1, 0.15) is 27.3 Å². The molecule has 0 N–H and O–H groups in total. The Balaban J connectivity index is 1.56. The molecule has 0 bridgehead atoms. The predicted molar refractivity (Wildman–Crippen MR) is 109 cm³/mol. The highest BCUT2D eigenvalue weighted by molar-refractivity contribution is 5.98. The average molecular weight is 392 g/mol. The van der Waals surface area contributed by atoms with Gasteiger partial charge in [-0.15, -0.1) is 0 Å². The molecule has 2 aromatic heterocycles. The molecule has 0 aliphatic carbocycles.